The summed E-state index contributed by atoms with van der Waals surface area (Å²) in [7, 11) is 0. The highest BCUT2D eigenvalue weighted by atomic mass is 16.3. The van der Waals surface area contributed by atoms with Gasteiger partial charge in [0.05, 0.1) is 25.9 Å². The van der Waals surface area contributed by atoms with Gasteiger partial charge in [0.15, 0.2) is 0 Å². The molecule has 416 valence electrons. The number of carbonyl (C=O) groups excluding carboxylic acids is 12. The maximum absolute atomic E-state index is 14.3. The van der Waals surface area contributed by atoms with Crippen LogP contribution in [0, 0.1) is 5.92 Å². The van der Waals surface area contributed by atoms with Gasteiger partial charge in [-0.15, -0.1) is 0 Å². The van der Waals surface area contributed by atoms with E-state index < -0.39 is 164 Å². The minimum absolute atomic E-state index is 0.00262. The zero-order valence-electron chi connectivity index (χ0n) is 42.7. The standard InChI is InChI=1S/C49H76N12O14/c1-3-27(2)11-8-6-4-5-7-9-12-29-22-42(68)55-33(23-39(51)65)44(70)57-32(21-28-14-16-30(63)17-15-28)43(69)58-34(24-40(52)66)45(71)56-31(18-19-38(50)64)49(75)61-20-10-13-37(61)48(74)59-35(25-41(53)67)46(72)60-36(26-62)47(73)54-29/h14-17,27,29,31-37,62-63H,3-13,18-26H2,1-2H3,(H2,50,64)(H2,51,65)(H2,52,66)(H2,53,67)(H,54,73)(H,55,68)(H,56,71)(H,57,70)(H,58,69)(H,59,74)(H,60,72)/t27-,29-,31+,32-,33+,34-,35-,36+,37+/m1/s1. The molecule has 1 aromatic rings. The van der Waals surface area contributed by atoms with E-state index in [1.807, 2.05) is 0 Å². The second kappa shape index (κ2) is 31.4. The number of rotatable bonds is 22. The van der Waals surface area contributed by atoms with Crippen LogP contribution in [-0.2, 0) is 64.0 Å². The number of fused-ring (bicyclic) bond motifs is 1. The first-order valence-electron chi connectivity index (χ1n) is 25.5. The van der Waals surface area contributed by atoms with Crippen LogP contribution in [0.15, 0.2) is 24.3 Å². The number of aromatic hydroxyl groups is 1. The Kier molecular flexibility index (Phi) is 25.9. The van der Waals surface area contributed by atoms with Gasteiger partial charge in [-0.2, -0.15) is 0 Å². The lowest BCUT2D eigenvalue weighted by Crippen LogP contribution is -2.60. The summed E-state index contributed by atoms with van der Waals surface area (Å²) < 4.78 is 0. The minimum atomic E-state index is -1.86. The van der Waals surface area contributed by atoms with Crippen LogP contribution in [-0.4, -0.2) is 147 Å². The molecule has 2 fully saturated rings. The molecule has 0 spiro atoms. The van der Waals surface area contributed by atoms with Crippen molar-refractivity contribution in [3.63, 3.8) is 0 Å². The third-order valence-electron chi connectivity index (χ3n) is 13.1. The summed E-state index contributed by atoms with van der Waals surface area (Å²) in [6, 6.07) is -7.36. The van der Waals surface area contributed by atoms with Crippen molar-refractivity contribution in [2.24, 2.45) is 28.9 Å². The van der Waals surface area contributed by atoms with Gasteiger partial charge in [-0.05, 0) is 49.3 Å². The number of primary amides is 4. The number of nitrogens with one attached hydrogen (secondary N) is 7. The largest absolute Gasteiger partial charge is 0.508 e. The SMILES string of the molecule is CC[C@@H](C)CCCCCCCC[C@@H]1CC(=O)N[C@@H](CC(N)=O)C(=O)N[C@H](Cc2ccc(O)cc2)C(=O)N[C@H](CC(N)=O)C(=O)N[C@@H](CCC(N)=O)C(=O)N2CCC[C@H]2C(=O)N[C@H](CC(N)=O)C(=O)N[C@@H](CO)C(=O)N1. The van der Waals surface area contributed by atoms with E-state index in [-0.39, 0.29) is 38.0 Å². The number of carbonyl (C=O) groups is 12. The van der Waals surface area contributed by atoms with Crippen molar-refractivity contribution in [3.8, 4) is 5.75 Å². The molecule has 0 radical (unpaired) electrons. The third kappa shape index (κ3) is 21.9. The number of nitrogens with two attached hydrogens (primary N) is 4. The van der Waals surface area contributed by atoms with Crippen LogP contribution in [0.5, 0.6) is 5.75 Å². The van der Waals surface area contributed by atoms with Gasteiger partial charge in [-0.25, -0.2) is 0 Å². The van der Waals surface area contributed by atoms with Gasteiger partial charge < -0.3 is 75.3 Å². The quantitative estimate of drug-likeness (QED) is 0.0509. The highest BCUT2D eigenvalue weighted by Crippen LogP contribution is 2.21. The number of hydrogen-bond donors (Lipinski definition) is 13. The number of nitrogens with zero attached hydrogens (tertiary/aromatic N) is 1. The van der Waals surface area contributed by atoms with Crippen molar-refractivity contribution in [2.75, 3.05) is 13.2 Å². The molecule has 1 aromatic carbocycles. The van der Waals surface area contributed by atoms with E-state index in [0.29, 0.717) is 24.3 Å². The van der Waals surface area contributed by atoms with Gasteiger partial charge in [0.1, 0.15) is 48.0 Å². The monoisotopic (exact) mass is 1060 g/mol. The maximum Gasteiger partial charge on any atom is 0.245 e. The second-order valence-corrected chi connectivity index (χ2v) is 19.3. The normalized spacial score (nSPS) is 24.3. The van der Waals surface area contributed by atoms with E-state index in [4.69, 9.17) is 22.9 Å². The summed E-state index contributed by atoms with van der Waals surface area (Å²) in [5, 5.41) is 37.3. The van der Waals surface area contributed by atoms with Gasteiger partial charge in [0.2, 0.25) is 70.9 Å². The molecule has 12 amide bonds. The summed E-state index contributed by atoms with van der Waals surface area (Å²) in [5.74, 6) is -12.0. The van der Waals surface area contributed by atoms with Crippen molar-refractivity contribution >= 4 is 70.9 Å². The van der Waals surface area contributed by atoms with Gasteiger partial charge in [0, 0.05) is 31.8 Å². The Morgan fingerprint density at radius 1 is 0.600 bits per heavy atom. The molecule has 2 saturated heterocycles. The molecular formula is C49H76N12O14. The number of phenolic OH excluding ortho intramolecular Hbond substituents is 1. The maximum atomic E-state index is 14.3. The number of unbranched alkanes of at least 4 members (excludes halogenated alkanes) is 5. The zero-order valence-corrected chi connectivity index (χ0v) is 42.7. The summed E-state index contributed by atoms with van der Waals surface area (Å²) in [5.41, 5.74) is 22.2. The van der Waals surface area contributed by atoms with Crippen molar-refractivity contribution in [3.05, 3.63) is 29.8 Å². The minimum Gasteiger partial charge on any atom is -0.508 e. The lowest BCUT2D eigenvalue weighted by atomic mass is 9.99. The fourth-order valence-electron chi connectivity index (χ4n) is 8.71. The molecule has 2 aliphatic rings. The molecule has 0 unspecified atom stereocenters. The Balaban J connectivity index is 2.12. The number of aliphatic hydroxyl groups is 1. The summed E-state index contributed by atoms with van der Waals surface area (Å²) in [6.45, 7) is 3.24. The number of benzene rings is 1. The molecule has 3 rings (SSSR count). The Bertz CT molecular complexity index is 2200. The lowest BCUT2D eigenvalue weighted by Gasteiger charge is -2.31. The van der Waals surface area contributed by atoms with Gasteiger partial charge >= 0.3 is 0 Å². The second-order valence-electron chi connectivity index (χ2n) is 19.3. The van der Waals surface area contributed by atoms with E-state index in [1.165, 1.54) is 24.3 Å². The van der Waals surface area contributed by atoms with Crippen molar-refractivity contribution in [1.29, 1.82) is 0 Å². The van der Waals surface area contributed by atoms with Gasteiger partial charge in [-0.1, -0.05) is 77.3 Å². The van der Waals surface area contributed by atoms with Crippen molar-refractivity contribution in [1.82, 2.24) is 42.1 Å². The van der Waals surface area contributed by atoms with Crippen LogP contribution < -0.4 is 60.2 Å². The number of aliphatic hydroxyl groups excluding tert-OH is 1. The fraction of sp³-hybridized carbons (Fsp3) is 0.633. The Labute approximate surface area is 435 Å². The first-order chi connectivity index (χ1) is 35.5. The summed E-state index contributed by atoms with van der Waals surface area (Å²) in [6.07, 6.45) is 3.35. The smallest absolute Gasteiger partial charge is 0.245 e. The Hall–Kier alpha value is -7.38. The first kappa shape index (κ1) is 61.9. The molecule has 0 saturated carbocycles. The van der Waals surface area contributed by atoms with Crippen LogP contribution in [0.4, 0.5) is 0 Å². The number of hydrogen-bond acceptors (Lipinski definition) is 14. The van der Waals surface area contributed by atoms with E-state index in [9.17, 15) is 67.7 Å². The Morgan fingerprint density at radius 2 is 1.08 bits per heavy atom. The van der Waals surface area contributed by atoms with Gasteiger partial charge in [0.25, 0.3) is 0 Å². The molecule has 0 bridgehead atoms. The fourth-order valence-corrected chi connectivity index (χ4v) is 8.71. The van der Waals surface area contributed by atoms with E-state index in [0.717, 1.165) is 43.4 Å². The summed E-state index contributed by atoms with van der Waals surface area (Å²) in [4.78, 5) is 162. The molecule has 0 aliphatic carbocycles. The predicted molar refractivity (Wildman–Crippen MR) is 268 cm³/mol. The molecule has 26 heteroatoms. The van der Waals surface area contributed by atoms with Gasteiger partial charge in [-0.3, -0.25) is 57.5 Å². The molecule has 0 aromatic heterocycles. The average molecular weight is 1060 g/mol. The van der Waals surface area contributed by atoms with E-state index in [2.05, 4.69) is 51.1 Å². The number of phenols is 1. The van der Waals surface area contributed by atoms with Crippen LogP contribution in [0.25, 0.3) is 0 Å². The topological polar surface area (TPSA) is 437 Å². The zero-order chi connectivity index (χ0) is 55.8. The van der Waals surface area contributed by atoms with E-state index in [1.54, 1.807) is 0 Å². The van der Waals surface area contributed by atoms with Crippen LogP contribution >= 0.6 is 0 Å². The third-order valence-corrected chi connectivity index (χ3v) is 13.1. The average Bonchev–Trinajstić information content (AvgIpc) is 3.84. The predicted octanol–water partition coefficient (Wildman–Crippen LogP) is -3.23. The van der Waals surface area contributed by atoms with Crippen LogP contribution in [0.2, 0.25) is 0 Å². The number of amides is 12. The first-order valence-corrected chi connectivity index (χ1v) is 25.5. The molecule has 2 aliphatic heterocycles. The highest BCUT2D eigenvalue weighted by molar-refractivity contribution is 6.00. The molecule has 17 N–H and O–H groups in total. The lowest BCUT2D eigenvalue weighted by molar-refractivity contribution is -0.143. The van der Waals surface area contributed by atoms with E-state index >= 15 is 0 Å². The molecule has 26 nitrogen and oxygen atoms in total. The molecule has 75 heavy (non-hydrogen) atoms. The molecule has 2 heterocycles. The van der Waals surface area contributed by atoms with Crippen LogP contribution in [0.3, 0.4) is 0 Å². The summed E-state index contributed by atoms with van der Waals surface area (Å²) >= 11 is 0. The Morgan fingerprint density at radius 3 is 1.63 bits per heavy atom. The van der Waals surface area contributed by atoms with Crippen LogP contribution in [0.1, 0.15) is 129 Å². The van der Waals surface area contributed by atoms with Crippen molar-refractivity contribution < 1.29 is 67.7 Å². The highest BCUT2D eigenvalue weighted by Gasteiger charge is 2.41. The molecular weight excluding hydrogens is 981 g/mol. The molecule has 9 atom stereocenters. The van der Waals surface area contributed by atoms with Crippen molar-refractivity contribution in [2.45, 2.75) is 178 Å².